The summed E-state index contributed by atoms with van der Waals surface area (Å²) in [6, 6.07) is 5.81. The van der Waals surface area contributed by atoms with E-state index in [9.17, 15) is 0 Å². The molecule has 14 heavy (non-hydrogen) atoms. The van der Waals surface area contributed by atoms with Crippen LogP contribution >= 0.6 is 0 Å². The third-order valence-corrected chi connectivity index (χ3v) is 2.19. The Labute approximate surface area is 82.6 Å². The summed E-state index contributed by atoms with van der Waals surface area (Å²) in [6.45, 7) is 2.48. The molecule has 2 aromatic heterocycles. The maximum absolute atomic E-state index is 5.53. The minimum absolute atomic E-state index is 0.476. The van der Waals surface area contributed by atoms with Crippen LogP contribution in [0.4, 0.5) is 0 Å². The van der Waals surface area contributed by atoms with E-state index in [1.807, 2.05) is 25.1 Å². The highest BCUT2D eigenvalue weighted by Gasteiger charge is 2.03. The maximum atomic E-state index is 5.53. The van der Waals surface area contributed by atoms with Crippen molar-refractivity contribution in [2.75, 3.05) is 0 Å². The molecule has 0 fully saturated rings. The molecule has 0 aliphatic heterocycles. The fraction of sp³-hybridized carbons (Fsp3) is 0.182. The quantitative estimate of drug-likeness (QED) is 0.785. The fourth-order valence-corrected chi connectivity index (χ4v) is 1.39. The predicted molar refractivity (Wildman–Crippen MR) is 54.6 cm³/mol. The molecule has 0 saturated heterocycles. The topological polar surface area (TPSA) is 52.0 Å². The maximum Gasteiger partial charge on any atom is 0.135 e. The summed E-state index contributed by atoms with van der Waals surface area (Å²) in [7, 11) is 0. The molecule has 0 radical (unpaired) electrons. The fourth-order valence-electron chi connectivity index (χ4n) is 1.39. The summed E-state index contributed by atoms with van der Waals surface area (Å²) < 4.78 is 5.28. The molecule has 0 aliphatic carbocycles. The van der Waals surface area contributed by atoms with Gasteiger partial charge < -0.3 is 10.2 Å². The van der Waals surface area contributed by atoms with Crippen LogP contribution in [-0.4, -0.2) is 4.98 Å². The average Bonchev–Trinajstić information content (AvgIpc) is 2.70. The van der Waals surface area contributed by atoms with Crippen molar-refractivity contribution < 1.29 is 4.42 Å². The van der Waals surface area contributed by atoms with Gasteiger partial charge in [0.25, 0.3) is 0 Å². The number of nitrogens with two attached hydrogens (primary N) is 1. The molecule has 3 nitrogen and oxygen atoms in total. The summed E-state index contributed by atoms with van der Waals surface area (Å²) in [5.41, 5.74) is 8.55. The van der Waals surface area contributed by atoms with Crippen molar-refractivity contribution in [2.45, 2.75) is 13.5 Å². The van der Waals surface area contributed by atoms with Gasteiger partial charge in [0.15, 0.2) is 0 Å². The third-order valence-electron chi connectivity index (χ3n) is 2.19. The van der Waals surface area contributed by atoms with Crippen LogP contribution < -0.4 is 5.73 Å². The second-order valence-corrected chi connectivity index (χ2v) is 3.17. The lowest BCUT2D eigenvalue weighted by atomic mass is 10.1. The van der Waals surface area contributed by atoms with Gasteiger partial charge in [-0.1, -0.05) is 0 Å². The van der Waals surface area contributed by atoms with Crippen LogP contribution in [-0.2, 0) is 6.54 Å². The van der Waals surface area contributed by atoms with Gasteiger partial charge in [-0.15, -0.1) is 0 Å². The lowest BCUT2D eigenvalue weighted by Gasteiger charge is -2.03. The predicted octanol–water partition coefficient (Wildman–Crippen LogP) is 2.11. The summed E-state index contributed by atoms with van der Waals surface area (Å²) in [6.07, 6.45) is 3.44. The van der Waals surface area contributed by atoms with E-state index in [0.717, 1.165) is 22.6 Å². The van der Waals surface area contributed by atoms with Crippen LogP contribution in [0.25, 0.3) is 11.3 Å². The number of aryl methyl sites for hydroxylation is 1. The van der Waals surface area contributed by atoms with Gasteiger partial charge in [0.1, 0.15) is 5.76 Å². The van der Waals surface area contributed by atoms with Gasteiger partial charge in [0.05, 0.1) is 12.0 Å². The Morgan fingerprint density at radius 2 is 2.36 bits per heavy atom. The number of nitrogens with zero attached hydrogens (tertiary/aromatic N) is 1. The Bertz CT molecular complexity index is 421. The molecule has 0 atom stereocenters. The van der Waals surface area contributed by atoms with Crippen molar-refractivity contribution in [2.24, 2.45) is 5.73 Å². The Morgan fingerprint density at radius 3 is 2.93 bits per heavy atom. The molecule has 2 rings (SSSR count). The van der Waals surface area contributed by atoms with E-state index in [1.165, 1.54) is 0 Å². The van der Waals surface area contributed by atoms with Crippen molar-refractivity contribution in [1.29, 1.82) is 0 Å². The average molecular weight is 188 g/mol. The van der Waals surface area contributed by atoms with Crippen molar-refractivity contribution in [3.05, 3.63) is 41.9 Å². The highest BCUT2D eigenvalue weighted by molar-refractivity contribution is 5.57. The molecule has 0 aromatic carbocycles. The van der Waals surface area contributed by atoms with E-state index in [1.54, 1.807) is 12.5 Å². The van der Waals surface area contributed by atoms with Gasteiger partial charge in [-0.25, -0.2) is 0 Å². The van der Waals surface area contributed by atoms with E-state index in [2.05, 4.69) is 4.98 Å². The first-order chi connectivity index (χ1) is 6.81. The molecule has 2 N–H and O–H groups in total. The van der Waals surface area contributed by atoms with Crippen LogP contribution in [0.15, 0.2) is 35.1 Å². The number of furan rings is 1. The van der Waals surface area contributed by atoms with Crippen molar-refractivity contribution in [3.8, 4) is 11.3 Å². The van der Waals surface area contributed by atoms with Crippen LogP contribution in [0.3, 0.4) is 0 Å². The molecule has 72 valence electrons. The lowest BCUT2D eigenvalue weighted by Crippen LogP contribution is -2.02. The first-order valence-electron chi connectivity index (χ1n) is 4.50. The Hall–Kier alpha value is -1.61. The smallest absolute Gasteiger partial charge is 0.135 e. The Balaban J connectivity index is 2.43. The van der Waals surface area contributed by atoms with E-state index in [-0.39, 0.29) is 0 Å². The number of hydrogen-bond acceptors (Lipinski definition) is 3. The van der Waals surface area contributed by atoms with Gasteiger partial charge in [-0.2, -0.15) is 0 Å². The van der Waals surface area contributed by atoms with Crippen LogP contribution in [0.1, 0.15) is 11.3 Å². The van der Waals surface area contributed by atoms with Crippen molar-refractivity contribution in [1.82, 2.24) is 4.98 Å². The summed E-state index contributed by atoms with van der Waals surface area (Å²) in [4.78, 5) is 4.27. The number of rotatable bonds is 2. The van der Waals surface area contributed by atoms with E-state index in [0.29, 0.717) is 6.54 Å². The molecule has 0 bridgehead atoms. The van der Waals surface area contributed by atoms with Crippen molar-refractivity contribution in [3.63, 3.8) is 0 Å². The van der Waals surface area contributed by atoms with Crippen LogP contribution in [0.5, 0.6) is 0 Å². The summed E-state index contributed by atoms with van der Waals surface area (Å²) >= 11 is 0. The molecule has 0 spiro atoms. The van der Waals surface area contributed by atoms with Gasteiger partial charge in [0.2, 0.25) is 0 Å². The molecular weight excluding hydrogens is 176 g/mol. The first kappa shape index (κ1) is 8.97. The normalized spacial score (nSPS) is 10.4. The third kappa shape index (κ3) is 1.54. The monoisotopic (exact) mass is 188 g/mol. The number of pyridine rings is 1. The minimum Gasteiger partial charge on any atom is -0.464 e. The molecule has 2 heterocycles. The minimum atomic E-state index is 0.476. The molecular formula is C11H12N2O. The zero-order valence-electron chi connectivity index (χ0n) is 8.03. The van der Waals surface area contributed by atoms with Crippen LogP contribution in [0.2, 0.25) is 0 Å². The molecule has 0 saturated carbocycles. The van der Waals surface area contributed by atoms with E-state index >= 15 is 0 Å². The molecule has 0 aliphatic rings. The first-order valence-corrected chi connectivity index (χ1v) is 4.50. The van der Waals surface area contributed by atoms with Crippen LogP contribution in [0, 0.1) is 6.92 Å². The van der Waals surface area contributed by atoms with Gasteiger partial charge in [-0.05, 0) is 30.7 Å². The second-order valence-electron chi connectivity index (χ2n) is 3.17. The van der Waals surface area contributed by atoms with E-state index in [4.69, 9.17) is 10.2 Å². The summed E-state index contributed by atoms with van der Waals surface area (Å²) in [5.74, 6) is 0.837. The summed E-state index contributed by atoms with van der Waals surface area (Å²) in [5, 5.41) is 0. The van der Waals surface area contributed by atoms with Gasteiger partial charge in [0, 0.05) is 18.3 Å². The highest BCUT2D eigenvalue weighted by atomic mass is 16.3. The van der Waals surface area contributed by atoms with Gasteiger partial charge >= 0.3 is 0 Å². The number of hydrogen-bond donors (Lipinski definition) is 1. The zero-order chi connectivity index (χ0) is 9.97. The SMILES string of the molecule is Cc1cc(-c2ccco2)cnc1CN. The molecule has 0 amide bonds. The zero-order valence-corrected chi connectivity index (χ0v) is 8.03. The number of aromatic nitrogens is 1. The molecule has 3 heteroatoms. The van der Waals surface area contributed by atoms with E-state index < -0.39 is 0 Å². The Kier molecular flexibility index (Phi) is 2.33. The largest absolute Gasteiger partial charge is 0.464 e. The lowest BCUT2D eigenvalue weighted by molar-refractivity contribution is 0.582. The molecule has 0 unspecified atom stereocenters. The standard InChI is InChI=1S/C11H12N2O/c1-8-5-9(7-13-10(8)6-12)11-3-2-4-14-11/h2-5,7H,6,12H2,1H3. The second kappa shape index (κ2) is 3.64. The van der Waals surface area contributed by atoms with Gasteiger partial charge in [-0.3, -0.25) is 4.98 Å². The molecule has 2 aromatic rings. The highest BCUT2D eigenvalue weighted by Crippen LogP contribution is 2.20. The Morgan fingerprint density at radius 1 is 1.50 bits per heavy atom. The van der Waals surface area contributed by atoms with Crippen molar-refractivity contribution >= 4 is 0 Å².